The molecule has 2 aromatic carbocycles. The number of amides is 1. The molecule has 1 fully saturated rings. The molecule has 1 aliphatic rings. The topological polar surface area (TPSA) is 81.6 Å². The van der Waals surface area contributed by atoms with E-state index in [1.165, 1.54) is 6.07 Å². The van der Waals surface area contributed by atoms with Crippen molar-refractivity contribution in [2.24, 2.45) is 5.73 Å². The van der Waals surface area contributed by atoms with Crippen molar-refractivity contribution in [1.82, 2.24) is 10.1 Å². The number of ether oxygens (including phenoxy) is 1. The van der Waals surface area contributed by atoms with Crippen molar-refractivity contribution in [3.05, 3.63) is 76.9 Å². The third-order valence-corrected chi connectivity index (χ3v) is 5.11. The molecule has 4 rings (SSSR count). The van der Waals surface area contributed by atoms with Gasteiger partial charge in [0.25, 0.3) is 0 Å². The molecule has 2 N–H and O–H groups in total. The largest absolute Gasteiger partial charge is 0.457 e. The number of nitrogens with zero attached hydrogens (tertiary/aromatic N) is 2. The standard InChI is InChI=1S/C22H22FN3O3/c1-14-11-21(29-25-14)20-3-2-10-26(20)13-16-6-9-18(12-19(16)23)28-17-7-4-15(5-8-17)22(24)27/h4-9,11-12,20H,2-3,10,13H2,1H3,(H2,24,27). The molecule has 3 aromatic rings. The third kappa shape index (κ3) is 4.30. The molecule has 1 amide bonds. The highest BCUT2D eigenvalue weighted by molar-refractivity contribution is 5.92. The summed E-state index contributed by atoms with van der Waals surface area (Å²) in [5.74, 6) is 0.896. The first kappa shape index (κ1) is 19.1. The Morgan fingerprint density at radius 1 is 1.24 bits per heavy atom. The van der Waals surface area contributed by atoms with Crippen LogP contribution in [0.5, 0.6) is 11.5 Å². The fraction of sp³-hybridized carbons (Fsp3) is 0.273. The second kappa shape index (κ2) is 8.05. The first-order valence-electron chi connectivity index (χ1n) is 9.53. The molecule has 7 heteroatoms. The molecule has 1 unspecified atom stereocenters. The Labute approximate surface area is 168 Å². The van der Waals surface area contributed by atoms with Gasteiger partial charge in [-0.15, -0.1) is 0 Å². The monoisotopic (exact) mass is 395 g/mol. The van der Waals surface area contributed by atoms with Gasteiger partial charge in [-0.25, -0.2) is 4.39 Å². The van der Waals surface area contributed by atoms with Crippen LogP contribution in [-0.2, 0) is 6.54 Å². The van der Waals surface area contributed by atoms with E-state index in [0.29, 0.717) is 29.2 Å². The van der Waals surface area contributed by atoms with Crippen molar-refractivity contribution in [3.63, 3.8) is 0 Å². The van der Waals surface area contributed by atoms with Crippen LogP contribution in [0.2, 0.25) is 0 Å². The van der Waals surface area contributed by atoms with Gasteiger partial charge in [-0.2, -0.15) is 0 Å². The van der Waals surface area contributed by atoms with Gasteiger partial charge in [0, 0.05) is 29.8 Å². The lowest BCUT2D eigenvalue weighted by Gasteiger charge is -2.22. The third-order valence-electron chi connectivity index (χ3n) is 5.11. The first-order valence-corrected chi connectivity index (χ1v) is 9.53. The van der Waals surface area contributed by atoms with Crippen LogP contribution >= 0.6 is 0 Å². The van der Waals surface area contributed by atoms with Crippen molar-refractivity contribution >= 4 is 5.91 Å². The van der Waals surface area contributed by atoms with Crippen molar-refractivity contribution in [1.29, 1.82) is 0 Å². The van der Waals surface area contributed by atoms with E-state index in [1.54, 1.807) is 36.4 Å². The number of hydrogen-bond donors (Lipinski definition) is 1. The number of primary amides is 1. The fourth-order valence-corrected chi connectivity index (χ4v) is 3.64. The lowest BCUT2D eigenvalue weighted by atomic mass is 10.1. The van der Waals surface area contributed by atoms with E-state index >= 15 is 0 Å². The number of rotatable bonds is 6. The highest BCUT2D eigenvalue weighted by Gasteiger charge is 2.29. The Balaban J connectivity index is 1.45. The summed E-state index contributed by atoms with van der Waals surface area (Å²) in [5, 5.41) is 3.97. The minimum absolute atomic E-state index is 0.121. The molecule has 1 saturated heterocycles. The summed E-state index contributed by atoms with van der Waals surface area (Å²) in [6, 6.07) is 13.3. The van der Waals surface area contributed by atoms with Crippen LogP contribution in [0, 0.1) is 12.7 Å². The zero-order valence-electron chi connectivity index (χ0n) is 16.1. The van der Waals surface area contributed by atoms with Gasteiger partial charge in [0.2, 0.25) is 5.91 Å². The maximum atomic E-state index is 14.7. The van der Waals surface area contributed by atoms with Crippen LogP contribution < -0.4 is 10.5 Å². The molecule has 1 atom stereocenters. The number of aromatic nitrogens is 1. The minimum Gasteiger partial charge on any atom is -0.457 e. The van der Waals surface area contributed by atoms with Gasteiger partial charge < -0.3 is 15.0 Å². The molecular formula is C22H22FN3O3. The van der Waals surface area contributed by atoms with Crippen molar-refractivity contribution in [2.75, 3.05) is 6.54 Å². The van der Waals surface area contributed by atoms with Crippen LogP contribution in [0.15, 0.2) is 53.1 Å². The van der Waals surface area contributed by atoms with Gasteiger partial charge in [-0.05, 0) is 56.6 Å². The van der Waals surface area contributed by atoms with Crippen LogP contribution in [0.1, 0.15) is 46.3 Å². The molecule has 29 heavy (non-hydrogen) atoms. The number of aryl methyl sites for hydroxylation is 1. The molecule has 0 saturated carbocycles. The maximum Gasteiger partial charge on any atom is 0.248 e. The molecule has 0 spiro atoms. The Morgan fingerprint density at radius 2 is 2.00 bits per heavy atom. The number of nitrogens with two attached hydrogens (primary N) is 1. The van der Waals surface area contributed by atoms with E-state index in [2.05, 4.69) is 10.1 Å². The van der Waals surface area contributed by atoms with E-state index in [-0.39, 0.29) is 11.9 Å². The second-order valence-electron chi connectivity index (χ2n) is 7.24. The van der Waals surface area contributed by atoms with E-state index in [4.69, 9.17) is 15.0 Å². The Bertz CT molecular complexity index is 1020. The number of carbonyl (C=O) groups is 1. The van der Waals surface area contributed by atoms with Gasteiger partial charge in [-0.1, -0.05) is 11.2 Å². The highest BCUT2D eigenvalue weighted by Crippen LogP contribution is 2.34. The Kier molecular flexibility index (Phi) is 5.31. The molecular weight excluding hydrogens is 373 g/mol. The zero-order valence-corrected chi connectivity index (χ0v) is 16.1. The van der Waals surface area contributed by atoms with Crippen molar-refractivity contribution in [2.45, 2.75) is 32.4 Å². The quantitative estimate of drug-likeness (QED) is 0.671. The highest BCUT2D eigenvalue weighted by atomic mass is 19.1. The lowest BCUT2D eigenvalue weighted by Crippen LogP contribution is -2.23. The summed E-state index contributed by atoms with van der Waals surface area (Å²) in [6.45, 7) is 3.27. The van der Waals surface area contributed by atoms with Crippen LogP contribution in [-0.4, -0.2) is 22.5 Å². The van der Waals surface area contributed by atoms with Crippen molar-refractivity contribution in [3.8, 4) is 11.5 Å². The lowest BCUT2D eigenvalue weighted by molar-refractivity contribution is 0.100. The van der Waals surface area contributed by atoms with Gasteiger partial charge in [0.15, 0.2) is 5.76 Å². The predicted octanol–water partition coefficient (Wildman–Crippen LogP) is 4.35. The smallest absolute Gasteiger partial charge is 0.248 e. The summed E-state index contributed by atoms with van der Waals surface area (Å²) >= 11 is 0. The van der Waals surface area contributed by atoms with Crippen LogP contribution in [0.4, 0.5) is 4.39 Å². The average molecular weight is 395 g/mol. The number of hydrogen-bond acceptors (Lipinski definition) is 5. The molecule has 150 valence electrons. The molecule has 0 bridgehead atoms. The van der Waals surface area contributed by atoms with E-state index in [1.807, 2.05) is 13.0 Å². The zero-order chi connectivity index (χ0) is 20.4. The second-order valence-corrected chi connectivity index (χ2v) is 7.24. The van der Waals surface area contributed by atoms with E-state index in [0.717, 1.165) is 30.8 Å². The molecule has 0 aliphatic carbocycles. The van der Waals surface area contributed by atoms with Crippen LogP contribution in [0.3, 0.4) is 0 Å². The van der Waals surface area contributed by atoms with Gasteiger partial charge in [-0.3, -0.25) is 9.69 Å². The number of halogens is 1. The number of likely N-dealkylation sites (tertiary alicyclic amines) is 1. The molecule has 1 aliphatic heterocycles. The fourth-order valence-electron chi connectivity index (χ4n) is 3.64. The van der Waals surface area contributed by atoms with Crippen LogP contribution in [0.25, 0.3) is 0 Å². The number of benzene rings is 2. The average Bonchev–Trinajstić information content (AvgIpc) is 3.33. The van der Waals surface area contributed by atoms with Crippen molar-refractivity contribution < 1.29 is 18.4 Å². The predicted molar refractivity (Wildman–Crippen MR) is 105 cm³/mol. The summed E-state index contributed by atoms with van der Waals surface area (Å²) < 4.78 is 25.8. The summed E-state index contributed by atoms with van der Waals surface area (Å²) in [5.41, 5.74) is 7.07. The normalized spacial score (nSPS) is 16.8. The first-order chi connectivity index (χ1) is 14.0. The summed E-state index contributed by atoms with van der Waals surface area (Å²) in [7, 11) is 0. The maximum absolute atomic E-state index is 14.7. The molecule has 2 heterocycles. The molecule has 0 radical (unpaired) electrons. The molecule has 1 aromatic heterocycles. The van der Waals surface area contributed by atoms with Gasteiger partial charge in [0.05, 0.1) is 11.7 Å². The summed E-state index contributed by atoms with van der Waals surface area (Å²) in [4.78, 5) is 13.3. The van der Waals surface area contributed by atoms with Gasteiger partial charge in [0.1, 0.15) is 17.3 Å². The number of carbonyl (C=O) groups excluding carboxylic acids is 1. The van der Waals surface area contributed by atoms with E-state index < -0.39 is 5.91 Å². The SMILES string of the molecule is Cc1cc(C2CCCN2Cc2ccc(Oc3ccc(C(N)=O)cc3)cc2F)on1. The minimum atomic E-state index is -0.507. The Hall–Kier alpha value is -3.19. The Morgan fingerprint density at radius 3 is 2.66 bits per heavy atom. The molecule has 6 nitrogen and oxygen atoms in total. The van der Waals surface area contributed by atoms with E-state index in [9.17, 15) is 9.18 Å². The van der Waals surface area contributed by atoms with Gasteiger partial charge >= 0.3 is 0 Å². The summed E-state index contributed by atoms with van der Waals surface area (Å²) in [6.07, 6.45) is 2.01.